The van der Waals surface area contributed by atoms with E-state index in [4.69, 9.17) is 4.74 Å². The first-order valence-corrected chi connectivity index (χ1v) is 9.37. The Balaban J connectivity index is 1.65. The zero-order valence-corrected chi connectivity index (χ0v) is 15.9. The molecule has 7 heteroatoms. The fraction of sp³-hybridized carbons (Fsp3) is 0.429. The Kier molecular flexibility index (Phi) is 6.83. The SMILES string of the molecule is COc1cc(CN2CCN(Cc3ccc(F)c(F)c3)[C@H](CCO)C2)ccc1O. The predicted molar refractivity (Wildman–Crippen MR) is 102 cm³/mol. The van der Waals surface area contributed by atoms with Crippen LogP contribution in [0.2, 0.25) is 0 Å². The molecule has 0 saturated carbocycles. The number of nitrogens with zero attached hydrogens (tertiary/aromatic N) is 2. The molecule has 1 aliphatic heterocycles. The molecule has 2 aromatic rings. The van der Waals surface area contributed by atoms with Gasteiger partial charge in [-0.3, -0.25) is 9.80 Å². The first kappa shape index (κ1) is 20.5. The van der Waals surface area contributed by atoms with Gasteiger partial charge in [0.1, 0.15) is 0 Å². The summed E-state index contributed by atoms with van der Waals surface area (Å²) >= 11 is 0. The standard InChI is InChI=1S/C21H26F2N2O3/c1-28-21-11-16(3-5-20(21)27)12-24-7-8-25(17(14-24)6-9-26)13-15-2-4-18(22)19(23)10-15/h2-5,10-11,17,26-27H,6-9,12-14H2,1H3/t17-/m1/s1. The van der Waals surface area contributed by atoms with Crippen LogP contribution in [-0.4, -0.2) is 59.4 Å². The summed E-state index contributed by atoms with van der Waals surface area (Å²) in [4.78, 5) is 4.49. The highest BCUT2D eigenvalue weighted by molar-refractivity contribution is 5.41. The van der Waals surface area contributed by atoms with Gasteiger partial charge in [-0.25, -0.2) is 8.78 Å². The van der Waals surface area contributed by atoms with Gasteiger partial charge in [0, 0.05) is 45.4 Å². The summed E-state index contributed by atoms with van der Waals surface area (Å²) in [6.45, 7) is 3.63. The first-order chi connectivity index (χ1) is 13.5. The Morgan fingerprint density at radius 2 is 1.79 bits per heavy atom. The summed E-state index contributed by atoms with van der Waals surface area (Å²) in [6.07, 6.45) is 0.610. The summed E-state index contributed by atoms with van der Waals surface area (Å²) in [6, 6.07) is 9.42. The van der Waals surface area contributed by atoms with Crippen molar-refractivity contribution >= 4 is 0 Å². The minimum Gasteiger partial charge on any atom is -0.504 e. The lowest BCUT2D eigenvalue weighted by atomic mass is 10.1. The largest absolute Gasteiger partial charge is 0.504 e. The fourth-order valence-electron chi connectivity index (χ4n) is 3.68. The molecule has 1 saturated heterocycles. The van der Waals surface area contributed by atoms with Crippen molar-refractivity contribution in [1.82, 2.24) is 9.80 Å². The number of rotatable bonds is 7. The first-order valence-electron chi connectivity index (χ1n) is 9.37. The molecule has 1 aliphatic rings. The topological polar surface area (TPSA) is 56.2 Å². The van der Waals surface area contributed by atoms with Gasteiger partial charge < -0.3 is 14.9 Å². The van der Waals surface area contributed by atoms with Crippen LogP contribution in [-0.2, 0) is 13.1 Å². The van der Waals surface area contributed by atoms with E-state index in [0.717, 1.165) is 36.8 Å². The van der Waals surface area contributed by atoms with Gasteiger partial charge in [0.2, 0.25) is 0 Å². The molecule has 152 valence electrons. The Morgan fingerprint density at radius 1 is 1.04 bits per heavy atom. The Bertz CT molecular complexity index is 803. The van der Waals surface area contributed by atoms with Gasteiger partial charge in [0.25, 0.3) is 0 Å². The van der Waals surface area contributed by atoms with E-state index < -0.39 is 11.6 Å². The van der Waals surface area contributed by atoms with Crippen molar-refractivity contribution in [2.75, 3.05) is 33.4 Å². The summed E-state index contributed by atoms with van der Waals surface area (Å²) in [5.41, 5.74) is 1.75. The maximum absolute atomic E-state index is 13.5. The van der Waals surface area contributed by atoms with Crippen molar-refractivity contribution in [3.63, 3.8) is 0 Å². The van der Waals surface area contributed by atoms with Crippen LogP contribution < -0.4 is 4.74 Å². The maximum Gasteiger partial charge on any atom is 0.160 e. The molecule has 3 rings (SSSR count). The molecular weight excluding hydrogens is 366 g/mol. The Hall–Kier alpha value is -2.22. The number of hydrogen-bond donors (Lipinski definition) is 2. The van der Waals surface area contributed by atoms with E-state index in [1.165, 1.54) is 13.2 Å². The summed E-state index contributed by atoms with van der Waals surface area (Å²) in [5, 5.41) is 19.2. The van der Waals surface area contributed by atoms with Crippen LogP contribution in [0.5, 0.6) is 11.5 Å². The second kappa shape index (κ2) is 9.32. The fourth-order valence-corrected chi connectivity index (χ4v) is 3.68. The smallest absolute Gasteiger partial charge is 0.160 e. The summed E-state index contributed by atoms with van der Waals surface area (Å²) in [7, 11) is 1.52. The van der Waals surface area contributed by atoms with Gasteiger partial charge in [-0.2, -0.15) is 0 Å². The number of phenols is 1. The highest BCUT2D eigenvalue weighted by atomic mass is 19.2. The number of ether oxygens (including phenoxy) is 1. The number of aliphatic hydroxyl groups excluding tert-OH is 1. The lowest BCUT2D eigenvalue weighted by Crippen LogP contribution is -2.52. The molecule has 1 atom stereocenters. The molecule has 2 aromatic carbocycles. The zero-order valence-electron chi connectivity index (χ0n) is 15.9. The number of piperazine rings is 1. The van der Waals surface area contributed by atoms with Crippen LogP contribution in [0, 0.1) is 11.6 Å². The minimum absolute atomic E-state index is 0.0693. The van der Waals surface area contributed by atoms with Crippen LogP contribution in [0.4, 0.5) is 8.78 Å². The average Bonchev–Trinajstić information content (AvgIpc) is 2.68. The molecule has 2 N–H and O–H groups in total. The van der Waals surface area contributed by atoms with Gasteiger partial charge in [-0.15, -0.1) is 0 Å². The van der Waals surface area contributed by atoms with Crippen LogP contribution in [0.1, 0.15) is 17.5 Å². The van der Waals surface area contributed by atoms with Gasteiger partial charge in [0.05, 0.1) is 7.11 Å². The van der Waals surface area contributed by atoms with Gasteiger partial charge >= 0.3 is 0 Å². The summed E-state index contributed by atoms with van der Waals surface area (Å²) < 4.78 is 31.8. The maximum atomic E-state index is 13.5. The lowest BCUT2D eigenvalue weighted by molar-refractivity contribution is 0.0498. The van der Waals surface area contributed by atoms with E-state index in [1.807, 2.05) is 12.1 Å². The number of hydrogen-bond acceptors (Lipinski definition) is 5. The molecular formula is C21H26F2N2O3. The molecule has 0 unspecified atom stereocenters. The normalized spacial score (nSPS) is 18.4. The Morgan fingerprint density at radius 3 is 2.50 bits per heavy atom. The van der Waals surface area contributed by atoms with E-state index in [2.05, 4.69) is 9.80 Å². The highest BCUT2D eigenvalue weighted by Crippen LogP contribution is 2.27. The van der Waals surface area contributed by atoms with E-state index in [1.54, 1.807) is 12.1 Å². The molecule has 0 bridgehead atoms. The second-order valence-electron chi connectivity index (χ2n) is 7.13. The summed E-state index contributed by atoms with van der Waals surface area (Å²) in [5.74, 6) is -1.12. The number of aromatic hydroxyl groups is 1. The quantitative estimate of drug-likeness (QED) is 0.759. The number of halogens is 2. The average molecular weight is 392 g/mol. The molecule has 1 fully saturated rings. The van der Waals surface area contributed by atoms with E-state index >= 15 is 0 Å². The number of benzene rings is 2. The number of aliphatic hydroxyl groups is 1. The van der Waals surface area contributed by atoms with Crippen molar-refractivity contribution in [3.8, 4) is 11.5 Å². The monoisotopic (exact) mass is 392 g/mol. The molecule has 0 aromatic heterocycles. The van der Waals surface area contributed by atoms with Crippen LogP contribution in [0.15, 0.2) is 36.4 Å². The molecule has 1 heterocycles. The molecule has 5 nitrogen and oxygen atoms in total. The van der Waals surface area contributed by atoms with E-state index in [9.17, 15) is 19.0 Å². The Labute approximate surface area is 163 Å². The van der Waals surface area contributed by atoms with Gasteiger partial charge in [-0.1, -0.05) is 12.1 Å². The van der Waals surface area contributed by atoms with Crippen molar-refractivity contribution in [2.24, 2.45) is 0 Å². The third kappa shape index (κ3) is 4.98. The van der Waals surface area contributed by atoms with E-state index in [-0.39, 0.29) is 18.4 Å². The minimum atomic E-state index is -0.843. The highest BCUT2D eigenvalue weighted by Gasteiger charge is 2.27. The molecule has 0 aliphatic carbocycles. The molecule has 0 spiro atoms. The third-order valence-electron chi connectivity index (χ3n) is 5.17. The number of methoxy groups -OCH3 is 1. The van der Waals surface area contributed by atoms with E-state index in [0.29, 0.717) is 25.3 Å². The van der Waals surface area contributed by atoms with Crippen molar-refractivity contribution < 1.29 is 23.7 Å². The number of phenolic OH excluding ortho intramolecular Hbond substituents is 1. The zero-order chi connectivity index (χ0) is 20.1. The molecule has 28 heavy (non-hydrogen) atoms. The second-order valence-corrected chi connectivity index (χ2v) is 7.13. The third-order valence-corrected chi connectivity index (χ3v) is 5.17. The van der Waals surface area contributed by atoms with Crippen molar-refractivity contribution in [2.45, 2.75) is 25.6 Å². The van der Waals surface area contributed by atoms with Crippen LogP contribution in [0.25, 0.3) is 0 Å². The van der Waals surface area contributed by atoms with Crippen LogP contribution in [0.3, 0.4) is 0 Å². The molecule has 0 amide bonds. The van der Waals surface area contributed by atoms with Crippen molar-refractivity contribution in [1.29, 1.82) is 0 Å². The molecule has 0 radical (unpaired) electrons. The predicted octanol–water partition coefficient (Wildman–Crippen LogP) is 2.75. The van der Waals surface area contributed by atoms with Gasteiger partial charge in [0.15, 0.2) is 23.1 Å². The lowest BCUT2D eigenvalue weighted by Gasteiger charge is -2.41. The van der Waals surface area contributed by atoms with Crippen molar-refractivity contribution in [3.05, 3.63) is 59.2 Å². The van der Waals surface area contributed by atoms with Crippen LogP contribution >= 0.6 is 0 Å². The van der Waals surface area contributed by atoms with Gasteiger partial charge in [-0.05, 0) is 41.8 Å².